The van der Waals surface area contributed by atoms with Crippen molar-refractivity contribution in [1.82, 2.24) is 0 Å². The summed E-state index contributed by atoms with van der Waals surface area (Å²) in [4.78, 5) is 12.0. The van der Waals surface area contributed by atoms with Gasteiger partial charge in [-0.15, -0.1) is 0 Å². The molecular formula is C15H21NO. The summed E-state index contributed by atoms with van der Waals surface area (Å²) < 4.78 is 0. The van der Waals surface area contributed by atoms with Crippen LogP contribution in [0.1, 0.15) is 44.2 Å². The molecule has 1 fully saturated rings. The van der Waals surface area contributed by atoms with Gasteiger partial charge in [-0.05, 0) is 36.3 Å². The van der Waals surface area contributed by atoms with Crippen LogP contribution in [0.25, 0.3) is 0 Å². The number of benzene rings is 1. The van der Waals surface area contributed by atoms with Crippen LogP contribution >= 0.6 is 0 Å². The molecule has 1 N–H and O–H groups in total. The quantitative estimate of drug-likeness (QED) is 0.844. The summed E-state index contributed by atoms with van der Waals surface area (Å²) in [6, 6.07) is 6.21. The topological polar surface area (TPSA) is 29.1 Å². The molecule has 0 aliphatic heterocycles. The largest absolute Gasteiger partial charge is 0.325 e. The van der Waals surface area contributed by atoms with Gasteiger partial charge in [-0.1, -0.05) is 39.0 Å². The molecule has 2 atom stereocenters. The maximum Gasteiger partial charge on any atom is 0.227 e. The highest BCUT2D eigenvalue weighted by atomic mass is 16.2. The molecule has 1 aliphatic rings. The maximum atomic E-state index is 12.0. The van der Waals surface area contributed by atoms with Gasteiger partial charge in [-0.2, -0.15) is 0 Å². The summed E-state index contributed by atoms with van der Waals surface area (Å²) >= 11 is 0. The number of aryl methyl sites for hydroxylation is 1. The van der Waals surface area contributed by atoms with Crippen molar-refractivity contribution >= 4 is 11.6 Å². The first kappa shape index (κ1) is 12.2. The molecule has 0 bridgehead atoms. The Morgan fingerprint density at radius 1 is 1.41 bits per heavy atom. The normalized spacial score (nSPS) is 22.6. The molecule has 0 spiro atoms. The second-order valence-electron chi connectivity index (χ2n) is 5.50. The van der Waals surface area contributed by atoms with Gasteiger partial charge in [-0.3, -0.25) is 4.79 Å². The van der Waals surface area contributed by atoms with Crippen LogP contribution in [0.5, 0.6) is 0 Å². The number of para-hydroxylation sites is 1. The van der Waals surface area contributed by atoms with E-state index in [1.54, 1.807) is 0 Å². The van der Waals surface area contributed by atoms with Gasteiger partial charge in [0.2, 0.25) is 5.91 Å². The molecule has 1 amide bonds. The zero-order chi connectivity index (χ0) is 12.6. The molecule has 17 heavy (non-hydrogen) atoms. The number of hydrogen-bond donors (Lipinski definition) is 1. The molecule has 1 saturated carbocycles. The van der Waals surface area contributed by atoms with Gasteiger partial charge in [0, 0.05) is 11.6 Å². The fourth-order valence-corrected chi connectivity index (χ4v) is 2.25. The maximum absolute atomic E-state index is 12.0. The molecule has 0 aromatic heterocycles. The van der Waals surface area contributed by atoms with Crippen LogP contribution in [-0.2, 0) is 4.79 Å². The molecule has 92 valence electrons. The third-order valence-corrected chi connectivity index (χ3v) is 3.62. The van der Waals surface area contributed by atoms with Gasteiger partial charge in [0.25, 0.3) is 0 Å². The van der Waals surface area contributed by atoms with E-state index < -0.39 is 0 Å². The standard InChI is InChI=1S/C15H21NO/c1-9(2)12-7-5-6-10(3)14(12)16-15(17)13-8-11(13)4/h5-7,9,11,13H,8H2,1-4H3,(H,16,17). The second-order valence-corrected chi connectivity index (χ2v) is 5.50. The Bertz CT molecular complexity index is 437. The van der Waals surface area contributed by atoms with Crippen molar-refractivity contribution in [3.8, 4) is 0 Å². The number of hydrogen-bond acceptors (Lipinski definition) is 1. The minimum atomic E-state index is 0.189. The summed E-state index contributed by atoms with van der Waals surface area (Å²) in [6.07, 6.45) is 1.04. The Labute approximate surface area is 103 Å². The van der Waals surface area contributed by atoms with Crippen LogP contribution in [0.15, 0.2) is 18.2 Å². The Hall–Kier alpha value is -1.31. The number of carbonyl (C=O) groups is 1. The van der Waals surface area contributed by atoms with Crippen molar-refractivity contribution in [2.45, 2.75) is 40.0 Å². The van der Waals surface area contributed by atoms with Gasteiger partial charge >= 0.3 is 0 Å². The highest BCUT2D eigenvalue weighted by Crippen LogP contribution is 2.39. The molecule has 1 aromatic carbocycles. The lowest BCUT2D eigenvalue weighted by Crippen LogP contribution is -2.17. The molecular weight excluding hydrogens is 210 g/mol. The van der Waals surface area contributed by atoms with Crippen molar-refractivity contribution in [2.75, 3.05) is 5.32 Å². The van der Waals surface area contributed by atoms with E-state index in [2.05, 4.69) is 51.2 Å². The molecule has 0 heterocycles. The van der Waals surface area contributed by atoms with Gasteiger partial charge in [0.1, 0.15) is 0 Å². The Morgan fingerprint density at radius 3 is 2.59 bits per heavy atom. The molecule has 0 saturated heterocycles. The van der Waals surface area contributed by atoms with Crippen LogP contribution in [0, 0.1) is 18.8 Å². The Morgan fingerprint density at radius 2 is 2.06 bits per heavy atom. The molecule has 2 unspecified atom stereocenters. The number of amides is 1. The van der Waals surface area contributed by atoms with Crippen molar-refractivity contribution in [3.63, 3.8) is 0 Å². The fourth-order valence-electron chi connectivity index (χ4n) is 2.25. The first-order chi connectivity index (χ1) is 8.00. The second kappa shape index (κ2) is 4.52. The highest BCUT2D eigenvalue weighted by Gasteiger charge is 2.39. The SMILES string of the molecule is Cc1cccc(C(C)C)c1NC(=O)C1CC1C. The zero-order valence-electron chi connectivity index (χ0n) is 11.1. The predicted octanol–water partition coefficient (Wildman–Crippen LogP) is 3.71. The van der Waals surface area contributed by atoms with Gasteiger partial charge < -0.3 is 5.32 Å². The smallest absolute Gasteiger partial charge is 0.227 e. The Balaban J connectivity index is 2.22. The van der Waals surface area contributed by atoms with Crippen molar-refractivity contribution in [2.24, 2.45) is 11.8 Å². The van der Waals surface area contributed by atoms with E-state index in [9.17, 15) is 4.79 Å². The van der Waals surface area contributed by atoms with E-state index in [0.717, 1.165) is 17.7 Å². The molecule has 2 rings (SSSR count). The van der Waals surface area contributed by atoms with Crippen LogP contribution < -0.4 is 5.32 Å². The fraction of sp³-hybridized carbons (Fsp3) is 0.533. The van der Waals surface area contributed by atoms with E-state index in [-0.39, 0.29) is 11.8 Å². The number of rotatable bonds is 3. The third kappa shape index (κ3) is 2.51. The number of anilines is 1. The lowest BCUT2D eigenvalue weighted by Gasteiger charge is -2.16. The van der Waals surface area contributed by atoms with E-state index in [1.807, 2.05) is 0 Å². The lowest BCUT2D eigenvalue weighted by atomic mass is 9.98. The van der Waals surface area contributed by atoms with Gasteiger partial charge in [0.05, 0.1) is 0 Å². The molecule has 2 nitrogen and oxygen atoms in total. The van der Waals surface area contributed by atoms with Gasteiger partial charge in [0.15, 0.2) is 0 Å². The first-order valence-corrected chi connectivity index (χ1v) is 6.41. The third-order valence-electron chi connectivity index (χ3n) is 3.62. The minimum absolute atomic E-state index is 0.189. The highest BCUT2D eigenvalue weighted by molar-refractivity contribution is 5.95. The van der Waals surface area contributed by atoms with E-state index in [4.69, 9.17) is 0 Å². The predicted molar refractivity (Wildman–Crippen MR) is 71.2 cm³/mol. The Kier molecular flexibility index (Phi) is 3.23. The summed E-state index contributed by atoms with van der Waals surface area (Å²) in [5, 5.41) is 3.11. The number of carbonyl (C=O) groups excluding carboxylic acids is 1. The van der Waals surface area contributed by atoms with Crippen LogP contribution in [0.3, 0.4) is 0 Å². The minimum Gasteiger partial charge on any atom is -0.325 e. The van der Waals surface area contributed by atoms with E-state index in [1.165, 1.54) is 5.56 Å². The van der Waals surface area contributed by atoms with Crippen LogP contribution in [-0.4, -0.2) is 5.91 Å². The van der Waals surface area contributed by atoms with Crippen molar-refractivity contribution in [1.29, 1.82) is 0 Å². The molecule has 1 aromatic rings. The lowest BCUT2D eigenvalue weighted by molar-refractivity contribution is -0.117. The van der Waals surface area contributed by atoms with Crippen molar-refractivity contribution in [3.05, 3.63) is 29.3 Å². The average Bonchev–Trinajstić information content (AvgIpc) is 2.98. The molecule has 2 heteroatoms. The van der Waals surface area contributed by atoms with Crippen molar-refractivity contribution < 1.29 is 4.79 Å². The molecule has 0 radical (unpaired) electrons. The van der Waals surface area contributed by atoms with Gasteiger partial charge in [-0.25, -0.2) is 0 Å². The van der Waals surface area contributed by atoms with Crippen LogP contribution in [0.2, 0.25) is 0 Å². The summed E-state index contributed by atoms with van der Waals surface area (Å²) in [6.45, 7) is 8.50. The average molecular weight is 231 g/mol. The zero-order valence-corrected chi connectivity index (χ0v) is 11.1. The molecule has 1 aliphatic carbocycles. The van der Waals surface area contributed by atoms with E-state index in [0.29, 0.717) is 11.8 Å². The van der Waals surface area contributed by atoms with E-state index >= 15 is 0 Å². The monoisotopic (exact) mass is 231 g/mol. The van der Waals surface area contributed by atoms with Crippen LogP contribution in [0.4, 0.5) is 5.69 Å². The summed E-state index contributed by atoms with van der Waals surface area (Å²) in [5.41, 5.74) is 3.40. The first-order valence-electron chi connectivity index (χ1n) is 6.41. The summed E-state index contributed by atoms with van der Waals surface area (Å²) in [5.74, 6) is 1.41. The number of nitrogens with one attached hydrogen (secondary N) is 1. The summed E-state index contributed by atoms with van der Waals surface area (Å²) in [7, 11) is 0.